The third-order valence-corrected chi connectivity index (χ3v) is 8.89. The lowest BCUT2D eigenvalue weighted by atomic mass is 9.94. The van der Waals surface area contributed by atoms with Crippen molar-refractivity contribution < 1.29 is 0 Å². The Hall–Kier alpha value is -6.72. The van der Waals surface area contributed by atoms with Crippen LogP contribution in [0.5, 0.6) is 0 Å². The fourth-order valence-corrected chi connectivity index (χ4v) is 6.54. The first-order valence-electron chi connectivity index (χ1n) is 16.3. The van der Waals surface area contributed by atoms with E-state index in [-0.39, 0.29) is 0 Å². The van der Waals surface area contributed by atoms with Gasteiger partial charge < -0.3 is 0 Å². The molecule has 0 atom stereocenters. The van der Waals surface area contributed by atoms with Crippen LogP contribution in [-0.4, -0.2) is 24.5 Å². The topological polar surface area (TPSA) is 56.5 Å². The highest BCUT2D eigenvalue weighted by atomic mass is 15.1. The summed E-state index contributed by atoms with van der Waals surface area (Å²) in [6.07, 6.45) is 0. The molecule has 5 nitrogen and oxygen atoms in total. The molecule has 0 aliphatic heterocycles. The van der Waals surface area contributed by atoms with Gasteiger partial charge >= 0.3 is 0 Å². The first-order chi connectivity index (χ1) is 24.3. The minimum Gasteiger partial charge on any atom is -0.292 e. The van der Waals surface area contributed by atoms with E-state index < -0.39 is 0 Å². The van der Waals surface area contributed by atoms with Crippen LogP contribution >= 0.6 is 0 Å². The number of aromatic nitrogens is 5. The second-order valence-corrected chi connectivity index (χ2v) is 11.9. The van der Waals surface area contributed by atoms with Crippen molar-refractivity contribution in [1.29, 1.82) is 0 Å². The fourth-order valence-electron chi connectivity index (χ4n) is 6.54. The molecule has 0 amide bonds. The molecule has 0 unspecified atom stereocenters. The van der Waals surface area contributed by atoms with Gasteiger partial charge in [-0.15, -0.1) is 0 Å². The Morgan fingerprint density at radius 2 is 0.837 bits per heavy atom. The molecule has 0 saturated carbocycles. The first kappa shape index (κ1) is 28.5. The lowest BCUT2D eigenvalue weighted by Crippen LogP contribution is -2.00. The maximum absolute atomic E-state index is 5.06. The Balaban J connectivity index is 1.15. The third-order valence-electron chi connectivity index (χ3n) is 8.89. The van der Waals surface area contributed by atoms with E-state index >= 15 is 0 Å². The maximum Gasteiger partial charge on any atom is 0.164 e. The molecule has 230 valence electrons. The van der Waals surface area contributed by atoms with Gasteiger partial charge in [-0.2, -0.15) is 0 Å². The highest BCUT2D eigenvalue weighted by molar-refractivity contribution is 6.04. The highest BCUT2D eigenvalue weighted by Crippen LogP contribution is 2.36. The molecular formula is C44H29N5. The van der Waals surface area contributed by atoms with Gasteiger partial charge in [-0.3, -0.25) is 4.57 Å². The summed E-state index contributed by atoms with van der Waals surface area (Å²) in [7, 11) is 0. The van der Waals surface area contributed by atoms with Gasteiger partial charge in [-0.25, -0.2) is 19.9 Å². The Morgan fingerprint density at radius 3 is 1.49 bits per heavy atom. The van der Waals surface area contributed by atoms with Gasteiger partial charge in [0, 0.05) is 27.9 Å². The zero-order chi connectivity index (χ0) is 32.6. The summed E-state index contributed by atoms with van der Waals surface area (Å²) in [6.45, 7) is 0. The van der Waals surface area contributed by atoms with Crippen molar-refractivity contribution in [2.75, 3.05) is 0 Å². The SMILES string of the molecule is c1ccc(-c2nc(-c3ccccc3)nc(-c3cccc4c(-c5ccc(-c6nc7ccccc7n6-c6ccccc6)cc5)cccc34)n2)cc1. The number of imidazole rings is 1. The van der Waals surface area contributed by atoms with Crippen molar-refractivity contribution in [3.05, 3.63) is 176 Å². The zero-order valence-corrected chi connectivity index (χ0v) is 26.5. The van der Waals surface area contributed by atoms with Crippen molar-refractivity contribution in [1.82, 2.24) is 24.5 Å². The molecule has 5 heteroatoms. The first-order valence-corrected chi connectivity index (χ1v) is 16.3. The molecular weight excluding hydrogens is 599 g/mol. The van der Waals surface area contributed by atoms with E-state index in [0.717, 1.165) is 66.7 Å². The quantitative estimate of drug-likeness (QED) is 0.184. The lowest BCUT2D eigenvalue weighted by molar-refractivity contribution is 1.08. The second kappa shape index (κ2) is 12.1. The molecule has 7 aromatic carbocycles. The van der Waals surface area contributed by atoms with Gasteiger partial charge in [-0.05, 0) is 46.2 Å². The summed E-state index contributed by atoms with van der Waals surface area (Å²) in [5, 5.41) is 2.21. The molecule has 2 aromatic heterocycles. The van der Waals surface area contributed by atoms with E-state index in [2.05, 4.69) is 108 Å². The normalized spacial score (nSPS) is 11.3. The van der Waals surface area contributed by atoms with Crippen molar-refractivity contribution in [2.24, 2.45) is 0 Å². The van der Waals surface area contributed by atoms with E-state index in [1.807, 2.05) is 72.8 Å². The highest BCUT2D eigenvalue weighted by Gasteiger charge is 2.17. The van der Waals surface area contributed by atoms with Crippen LogP contribution < -0.4 is 0 Å². The minimum absolute atomic E-state index is 0.644. The van der Waals surface area contributed by atoms with Gasteiger partial charge in [0.15, 0.2) is 17.5 Å². The predicted molar refractivity (Wildman–Crippen MR) is 199 cm³/mol. The largest absolute Gasteiger partial charge is 0.292 e. The van der Waals surface area contributed by atoms with E-state index in [4.69, 9.17) is 19.9 Å². The molecule has 9 rings (SSSR count). The molecule has 0 bridgehead atoms. The Morgan fingerprint density at radius 1 is 0.327 bits per heavy atom. The number of rotatable bonds is 6. The van der Waals surface area contributed by atoms with Crippen LogP contribution in [0, 0.1) is 0 Å². The van der Waals surface area contributed by atoms with Crippen LogP contribution in [0.25, 0.3) is 84.2 Å². The summed E-state index contributed by atoms with van der Waals surface area (Å²) < 4.78 is 2.23. The molecule has 0 saturated heterocycles. The average Bonchev–Trinajstić information content (AvgIpc) is 3.58. The number of nitrogens with zero attached hydrogens (tertiary/aromatic N) is 5. The Kier molecular flexibility index (Phi) is 7.06. The summed E-state index contributed by atoms with van der Waals surface area (Å²) in [4.78, 5) is 20.0. The lowest BCUT2D eigenvalue weighted by Gasteiger charge is -2.13. The van der Waals surface area contributed by atoms with E-state index in [1.165, 1.54) is 0 Å². The van der Waals surface area contributed by atoms with Crippen LogP contribution in [0.15, 0.2) is 176 Å². The summed E-state index contributed by atoms with van der Waals surface area (Å²) in [5.41, 5.74) is 9.31. The van der Waals surface area contributed by atoms with Crippen LogP contribution in [-0.2, 0) is 0 Å². The van der Waals surface area contributed by atoms with E-state index in [1.54, 1.807) is 0 Å². The van der Waals surface area contributed by atoms with Crippen LogP contribution in [0.1, 0.15) is 0 Å². The number of hydrogen-bond donors (Lipinski definition) is 0. The van der Waals surface area contributed by atoms with Gasteiger partial charge in [0.1, 0.15) is 5.82 Å². The molecule has 0 aliphatic carbocycles. The van der Waals surface area contributed by atoms with Gasteiger partial charge in [0.25, 0.3) is 0 Å². The molecule has 2 heterocycles. The number of hydrogen-bond acceptors (Lipinski definition) is 4. The van der Waals surface area contributed by atoms with E-state index in [0.29, 0.717) is 17.5 Å². The smallest absolute Gasteiger partial charge is 0.164 e. The number of fused-ring (bicyclic) bond motifs is 2. The second-order valence-electron chi connectivity index (χ2n) is 11.9. The van der Waals surface area contributed by atoms with Crippen molar-refractivity contribution in [2.45, 2.75) is 0 Å². The van der Waals surface area contributed by atoms with Crippen LogP contribution in [0.2, 0.25) is 0 Å². The maximum atomic E-state index is 5.06. The summed E-state index contributed by atoms with van der Waals surface area (Å²) in [6, 6.07) is 60.4. The number of para-hydroxylation sites is 3. The van der Waals surface area contributed by atoms with Gasteiger partial charge in [0.2, 0.25) is 0 Å². The molecule has 0 N–H and O–H groups in total. The molecule has 49 heavy (non-hydrogen) atoms. The van der Waals surface area contributed by atoms with Gasteiger partial charge in [-0.1, -0.05) is 152 Å². The minimum atomic E-state index is 0.644. The summed E-state index contributed by atoms with van der Waals surface area (Å²) in [5.74, 6) is 2.85. The monoisotopic (exact) mass is 627 g/mol. The molecule has 0 fully saturated rings. The van der Waals surface area contributed by atoms with Crippen LogP contribution in [0.4, 0.5) is 0 Å². The fraction of sp³-hybridized carbons (Fsp3) is 0. The third kappa shape index (κ3) is 5.24. The predicted octanol–water partition coefficient (Wildman–Crippen LogP) is 10.7. The number of benzene rings is 7. The average molecular weight is 628 g/mol. The molecule has 0 aliphatic rings. The molecule has 9 aromatic rings. The van der Waals surface area contributed by atoms with Crippen molar-refractivity contribution in [3.63, 3.8) is 0 Å². The van der Waals surface area contributed by atoms with Crippen LogP contribution in [0.3, 0.4) is 0 Å². The molecule has 0 spiro atoms. The van der Waals surface area contributed by atoms with Crippen molar-refractivity contribution >= 4 is 21.8 Å². The Bertz CT molecular complexity index is 2520. The zero-order valence-electron chi connectivity index (χ0n) is 26.5. The standard InChI is InChI=1S/C44H29N5/c1-4-14-31(15-5-1)41-46-42(32-16-6-2-7-17-32)48-43(47-41)38-23-13-21-36-35(20-12-22-37(36)38)30-26-28-33(29-27-30)44-45-39-24-10-11-25-40(39)49(44)34-18-8-3-9-19-34/h1-29H. The summed E-state index contributed by atoms with van der Waals surface area (Å²) >= 11 is 0. The Labute approximate surface area is 283 Å². The molecule has 0 radical (unpaired) electrons. The van der Waals surface area contributed by atoms with E-state index in [9.17, 15) is 0 Å². The van der Waals surface area contributed by atoms with Gasteiger partial charge in [0.05, 0.1) is 11.0 Å². The van der Waals surface area contributed by atoms with Crippen molar-refractivity contribution in [3.8, 4) is 62.4 Å².